The van der Waals surface area contributed by atoms with Crippen molar-refractivity contribution in [2.24, 2.45) is 11.8 Å². The fraction of sp³-hybridized carbons (Fsp3) is 0.929. The first-order chi connectivity index (χ1) is 9.39. The Labute approximate surface area is 130 Å². The van der Waals surface area contributed by atoms with Crippen LogP contribution in [0.15, 0.2) is 0 Å². The molecule has 21 heavy (non-hydrogen) atoms. The van der Waals surface area contributed by atoms with E-state index in [-0.39, 0.29) is 30.3 Å². The second kappa shape index (κ2) is 7.70. The lowest BCUT2D eigenvalue weighted by atomic mass is 9.87. The van der Waals surface area contributed by atoms with Crippen LogP contribution in [-0.4, -0.2) is 43.7 Å². The summed E-state index contributed by atoms with van der Waals surface area (Å²) in [5, 5.41) is 5.38. The zero-order valence-electron chi connectivity index (χ0n) is 12.5. The van der Waals surface area contributed by atoms with E-state index in [0.29, 0.717) is 12.5 Å². The molecule has 0 saturated carbocycles. The summed E-state index contributed by atoms with van der Waals surface area (Å²) in [6, 6.07) is -0.771. The number of amides is 1. The molecule has 0 spiro atoms. The topological polar surface area (TPSA) is 50.4 Å². The molecule has 2 rings (SSSR count). The maximum atomic E-state index is 13.1. The second-order valence-electron chi connectivity index (χ2n) is 6.22. The van der Waals surface area contributed by atoms with E-state index in [2.05, 4.69) is 24.5 Å². The molecule has 0 aromatic rings. The summed E-state index contributed by atoms with van der Waals surface area (Å²) in [6.07, 6.45) is 1.73. The van der Waals surface area contributed by atoms with E-state index in [1.54, 1.807) is 0 Å². The number of nitrogens with one attached hydrogen (secondary N) is 2. The van der Waals surface area contributed by atoms with E-state index in [4.69, 9.17) is 4.74 Å². The highest BCUT2D eigenvalue weighted by Gasteiger charge is 2.42. The van der Waals surface area contributed by atoms with Crippen LogP contribution >= 0.6 is 12.4 Å². The highest BCUT2D eigenvalue weighted by molar-refractivity contribution is 5.85. The minimum Gasteiger partial charge on any atom is -0.378 e. The third-order valence-corrected chi connectivity index (χ3v) is 4.12. The Morgan fingerprint density at radius 2 is 2.19 bits per heavy atom. The van der Waals surface area contributed by atoms with Gasteiger partial charge >= 0.3 is 0 Å². The summed E-state index contributed by atoms with van der Waals surface area (Å²) in [5.74, 6) is -2.42. The average molecular weight is 327 g/mol. The van der Waals surface area contributed by atoms with E-state index in [0.717, 1.165) is 19.4 Å². The predicted molar refractivity (Wildman–Crippen MR) is 78.9 cm³/mol. The smallest absolute Gasteiger partial charge is 0.262 e. The SMILES string of the molecule is CC(C)C1OCCCC1CNC(=O)C1CC(F)(F)CN1.Cl. The Morgan fingerprint density at radius 1 is 1.48 bits per heavy atom. The van der Waals surface area contributed by atoms with Gasteiger partial charge in [-0.2, -0.15) is 0 Å². The molecular formula is C14H25ClF2N2O2. The summed E-state index contributed by atoms with van der Waals surface area (Å²) in [4.78, 5) is 11.9. The standard InChI is InChI=1S/C14H24F2N2O2.ClH/c1-9(2)12-10(4-3-5-20-12)7-17-13(19)11-6-14(15,16)8-18-11;/h9-12,18H,3-8H2,1-2H3,(H,17,19);1H. The van der Waals surface area contributed by atoms with Gasteiger partial charge in [0.25, 0.3) is 5.92 Å². The van der Waals surface area contributed by atoms with E-state index < -0.39 is 24.9 Å². The Kier molecular flexibility index (Phi) is 6.81. The summed E-state index contributed by atoms with van der Waals surface area (Å²) >= 11 is 0. The Hall–Kier alpha value is -0.460. The zero-order chi connectivity index (χ0) is 14.8. The molecular weight excluding hydrogens is 302 g/mol. The van der Waals surface area contributed by atoms with Crippen molar-refractivity contribution in [2.75, 3.05) is 19.7 Å². The van der Waals surface area contributed by atoms with Gasteiger partial charge in [0.05, 0.1) is 18.7 Å². The van der Waals surface area contributed by atoms with Gasteiger partial charge in [-0.1, -0.05) is 13.8 Å². The molecule has 2 aliphatic rings. The first-order valence-corrected chi connectivity index (χ1v) is 7.39. The highest BCUT2D eigenvalue weighted by atomic mass is 35.5. The summed E-state index contributed by atoms with van der Waals surface area (Å²) in [6.45, 7) is 5.06. The number of alkyl halides is 2. The van der Waals surface area contributed by atoms with E-state index in [9.17, 15) is 13.6 Å². The van der Waals surface area contributed by atoms with Crippen molar-refractivity contribution in [3.63, 3.8) is 0 Å². The second-order valence-corrected chi connectivity index (χ2v) is 6.22. The number of carbonyl (C=O) groups excluding carboxylic acids is 1. The molecule has 124 valence electrons. The Bertz CT molecular complexity index is 356. The van der Waals surface area contributed by atoms with Crippen LogP contribution in [0.2, 0.25) is 0 Å². The van der Waals surface area contributed by atoms with Gasteiger partial charge in [0.1, 0.15) is 0 Å². The van der Waals surface area contributed by atoms with Crippen LogP contribution in [0.5, 0.6) is 0 Å². The fourth-order valence-electron chi connectivity index (χ4n) is 3.08. The van der Waals surface area contributed by atoms with Crippen molar-refractivity contribution >= 4 is 18.3 Å². The van der Waals surface area contributed by atoms with Crippen LogP contribution in [0.3, 0.4) is 0 Å². The largest absolute Gasteiger partial charge is 0.378 e. The van der Waals surface area contributed by atoms with E-state index in [1.807, 2.05) is 0 Å². The fourth-order valence-corrected chi connectivity index (χ4v) is 3.08. The van der Waals surface area contributed by atoms with E-state index >= 15 is 0 Å². The molecule has 3 unspecified atom stereocenters. The molecule has 7 heteroatoms. The van der Waals surface area contributed by atoms with Gasteiger partial charge in [-0.25, -0.2) is 8.78 Å². The van der Waals surface area contributed by atoms with Crippen LogP contribution < -0.4 is 10.6 Å². The molecule has 2 fully saturated rings. The number of rotatable bonds is 4. The van der Waals surface area contributed by atoms with Crippen LogP contribution in [-0.2, 0) is 9.53 Å². The van der Waals surface area contributed by atoms with Gasteiger partial charge in [-0.15, -0.1) is 12.4 Å². The molecule has 3 atom stereocenters. The number of ether oxygens (including phenoxy) is 1. The number of carbonyl (C=O) groups is 1. The molecule has 2 N–H and O–H groups in total. The molecule has 4 nitrogen and oxygen atoms in total. The number of halogens is 3. The molecule has 0 aliphatic carbocycles. The Morgan fingerprint density at radius 3 is 2.76 bits per heavy atom. The van der Waals surface area contributed by atoms with Crippen molar-refractivity contribution in [1.29, 1.82) is 0 Å². The van der Waals surface area contributed by atoms with Crippen LogP contribution in [0.4, 0.5) is 8.78 Å². The first kappa shape index (κ1) is 18.6. The number of hydrogen-bond acceptors (Lipinski definition) is 3. The molecule has 0 aromatic heterocycles. The van der Waals surface area contributed by atoms with E-state index in [1.165, 1.54) is 0 Å². The third kappa shape index (κ3) is 5.04. The predicted octanol–water partition coefficient (Wildman–Crippen LogP) is 1.97. The molecule has 2 saturated heterocycles. The normalized spacial score (nSPS) is 31.8. The summed E-state index contributed by atoms with van der Waals surface area (Å²) in [7, 11) is 0. The molecule has 0 aromatic carbocycles. The monoisotopic (exact) mass is 326 g/mol. The molecule has 0 radical (unpaired) electrons. The van der Waals surface area contributed by atoms with Crippen LogP contribution in [0.25, 0.3) is 0 Å². The van der Waals surface area contributed by atoms with Crippen molar-refractivity contribution < 1.29 is 18.3 Å². The zero-order valence-corrected chi connectivity index (χ0v) is 13.3. The molecule has 2 aliphatic heterocycles. The minimum absolute atomic E-state index is 0. The average Bonchev–Trinajstić information content (AvgIpc) is 2.76. The Balaban J connectivity index is 0.00000220. The van der Waals surface area contributed by atoms with Crippen LogP contribution in [0, 0.1) is 11.8 Å². The third-order valence-electron chi connectivity index (χ3n) is 4.12. The van der Waals surface area contributed by atoms with Gasteiger partial charge in [-0.05, 0) is 18.8 Å². The van der Waals surface area contributed by atoms with Crippen molar-refractivity contribution in [2.45, 2.75) is 51.2 Å². The molecule has 0 bridgehead atoms. The molecule has 1 amide bonds. The lowest BCUT2D eigenvalue weighted by Crippen LogP contribution is -2.46. The van der Waals surface area contributed by atoms with Crippen LogP contribution in [0.1, 0.15) is 33.1 Å². The van der Waals surface area contributed by atoms with Crippen molar-refractivity contribution in [3.8, 4) is 0 Å². The highest BCUT2D eigenvalue weighted by Crippen LogP contribution is 2.27. The first-order valence-electron chi connectivity index (χ1n) is 7.39. The summed E-state index contributed by atoms with van der Waals surface area (Å²) in [5.41, 5.74) is 0. The van der Waals surface area contributed by atoms with Gasteiger partial charge in [0, 0.05) is 25.5 Å². The minimum atomic E-state index is -2.77. The van der Waals surface area contributed by atoms with Crippen molar-refractivity contribution in [1.82, 2.24) is 10.6 Å². The van der Waals surface area contributed by atoms with Gasteiger partial charge < -0.3 is 10.1 Å². The maximum absolute atomic E-state index is 13.1. The van der Waals surface area contributed by atoms with Gasteiger partial charge in [-0.3, -0.25) is 10.1 Å². The lowest BCUT2D eigenvalue weighted by molar-refractivity contribution is -0.124. The maximum Gasteiger partial charge on any atom is 0.262 e. The van der Waals surface area contributed by atoms with Gasteiger partial charge in [0.15, 0.2) is 0 Å². The summed E-state index contributed by atoms with van der Waals surface area (Å²) < 4.78 is 31.9. The quantitative estimate of drug-likeness (QED) is 0.830. The van der Waals surface area contributed by atoms with Gasteiger partial charge in [0.2, 0.25) is 5.91 Å². The number of hydrogen-bond donors (Lipinski definition) is 2. The molecule has 2 heterocycles. The van der Waals surface area contributed by atoms with Crippen molar-refractivity contribution in [3.05, 3.63) is 0 Å². The lowest BCUT2D eigenvalue weighted by Gasteiger charge is -2.34.